The monoisotopic (exact) mass is 361 g/mol. The molecule has 0 bridgehead atoms. The van der Waals surface area contributed by atoms with Crippen LogP contribution in [0.2, 0.25) is 0 Å². The van der Waals surface area contributed by atoms with Crippen molar-refractivity contribution in [1.82, 2.24) is 15.1 Å². The van der Waals surface area contributed by atoms with E-state index >= 15 is 0 Å². The van der Waals surface area contributed by atoms with Gasteiger partial charge in [0.25, 0.3) is 5.56 Å². The average Bonchev–Trinajstić information content (AvgIpc) is 2.61. The fraction of sp³-hybridized carbons (Fsp3) is 0.353. The molecule has 2 aromatic rings. The highest BCUT2D eigenvalue weighted by molar-refractivity contribution is 6.01. The van der Waals surface area contributed by atoms with Gasteiger partial charge in [0.15, 0.2) is 5.69 Å². The van der Waals surface area contributed by atoms with E-state index < -0.39 is 24.0 Å². The molecule has 9 heteroatoms. The fourth-order valence-electron chi connectivity index (χ4n) is 2.39. The van der Waals surface area contributed by atoms with Gasteiger partial charge in [0.1, 0.15) is 6.54 Å². The van der Waals surface area contributed by atoms with E-state index in [0.717, 1.165) is 4.68 Å². The van der Waals surface area contributed by atoms with E-state index in [4.69, 9.17) is 4.74 Å². The lowest BCUT2D eigenvalue weighted by molar-refractivity contribution is -0.143. The van der Waals surface area contributed by atoms with E-state index in [1.165, 1.54) is 12.1 Å². The van der Waals surface area contributed by atoms with E-state index in [9.17, 15) is 24.3 Å². The molecule has 2 rings (SSSR count). The minimum absolute atomic E-state index is 0.172. The standard InChI is InChI=1S/C17H19N3O6/c1-2-26-14(22)8-5-9-18-13(21)10-20-16(23)12-7-4-3-6-11(12)15(19-20)17(24)25/h3-4,6-7H,2,5,8-10H2,1H3,(H,18,21)(H,24,25). The summed E-state index contributed by atoms with van der Waals surface area (Å²) in [4.78, 5) is 46.9. The van der Waals surface area contributed by atoms with Crippen molar-refractivity contribution in [2.45, 2.75) is 26.3 Å². The molecular weight excluding hydrogens is 342 g/mol. The molecule has 138 valence electrons. The fourth-order valence-corrected chi connectivity index (χ4v) is 2.39. The quantitative estimate of drug-likeness (QED) is 0.519. The number of hydrogen-bond donors (Lipinski definition) is 2. The third-order valence-electron chi connectivity index (χ3n) is 3.55. The van der Waals surface area contributed by atoms with E-state index in [2.05, 4.69) is 10.4 Å². The van der Waals surface area contributed by atoms with Gasteiger partial charge in [-0.3, -0.25) is 14.4 Å². The maximum Gasteiger partial charge on any atom is 0.357 e. The summed E-state index contributed by atoms with van der Waals surface area (Å²) in [7, 11) is 0. The van der Waals surface area contributed by atoms with Gasteiger partial charge >= 0.3 is 11.9 Å². The number of aromatic nitrogens is 2. The van der Waals surface area contributed by atoms with E-state index in [1.54, 1.807) is 19.1 Å². The van der Waals surface area contributed by atoms with Crippen LogP contribution in [0.5, 0.6) is 0 Å². The Balaban J connectivity index is 2.07. The molecular formula is C17H19N3O6. The molecule has 0 aliphatic carbocycles. The Kier molecular flexibility index (Phi) is 6.42. The average molecular weight is 361 g/mol. The summed E-state index contributed by atoms with van der Waals surface area (Å²) in [5, 5.41) is 16.0. The minimum Gasteiger partial charge on any atom is -0.476 e. The van der Waals surface area contributed by atoms with Gasteiger partial charge in [-0.1, -0.05) is 18.2 Å². The normalized spacial score (nSPS) is 10.5. The summed E-state index contributed by atoms with van der Waals surface area (Å²) in [6.45, 7) is 1.82. The summed E-state index contributed by atoms with van der Waals surface area (Å²) < 4.78 is 5.60. The summed E-state index contributed by atoms with van der Waals surface area (Å²) in [5.41, 5.74) is -0.845. The van der Waals surface area contributed by atoms with Crippen LogP contribution in [0, 0.1) is 0 Å². The number of carboxylic acids is 1. The number of hydrogen-bond acceptors (Lipinski definition) is 6. The number of rotatable bonds is 8. The molecule has 0 saturated carbocycles. The molecule has 1 aromatic carbocycles. The molecule has 2 N–H and O–H groups in total. The van der Waals surface area contributed by atoms with Gasteiger partial charge in [-0.25, -0.2) is 9.48 Å². The van der Waals surface area contributed by atoms with Crippen LogP contribution in [-0.2, 0) is 20.9 Å². The minimum atomic E-state index is -1.29. The number of ether oxygens (including phenoxy) is 1. The van der Waals surface area contributed by atoms with Gasteiger partial charge in [0, 0.05) is 18.4 Å². The largest absolute Gasteiger partial charge is 0.476 e. The number of carbonyl (C=O) groups is 3. The number of carboxylic acid groups (broad SMARTS) is 1. The first-order valence-corrected chi connectivity index (χ1v) is 8.09. The molecule has 0 atom stereocenters. The molecule has 0 aliphatic heterocycles. The van der Waals surface area contributed by atoms with Crippen molar-refractivity contribution in [2.24, 2.45) is 0 Å². The van der Waals surface area contributed by atoms with Crippen LogP contribution in [0.25, 0.3) is 10.8 Å². The highest BCUT2D eigenvalue weighted by atomic mass is 16.5. The van der Waals surface area contributed by atoms with Crippen molar-refractivity contribution in [3.63, 3.8) is 0 Å². The molecule has 0 aliphatic rings. The van der Waals surface area contributed by atoms with Crippen molar-refractivity contribution in [1.29, 1.82) is 0 Å². The van der Waals surface area contributed by atoms with Crippen LogP contribution in [0.4, 0.5) is 0 Å². The Morgan fingerprint density at radius 3 is 2.58 bits per heavy atom. The van der Waals surface area contributed by atoms with Crippen molar-refractivity contribution in [3.05, 3.63) is 40.3 Å². The van der Waals surface area contributed by atoms with Crippen molar-refractivity contribution < 1.29 is 24.2 Å². The Morgan fingerprint density at radius 2 is 1.92 bits per heavy atom. The number of nitrogens with one attached hydrogen (secondary N) is 1. The second kappa shape index (κ2) is 8.75. The second-order valence-electron chi connectivity index (χ2n) is 5.42. The maximum absolute atomic E-state index is 12.4. The predicted molar refractivity (Wildman–Crippen MR) is 91.8 cm³/mol. The first-order valence-electron chi connectivity index (χ1n) is 8.09. The Labute approximate surface area is 148 Å². The molecule has 9 nitrogen and oxygen atoms in total. The summed E-state index contributed by atoms with van der Waals surface area (Å²) in [6, 6.07) is 6.19. The Hall–Kier alpha value is -3.23. The molecule has 0 saturated heterocycles. The summed E-state index contributed by atoms with van der Waals surface area (Å²) in [5.74, 6) is -2.14. The lowest BCUT2D eigenvalue weighted by atomic mass is 10.1. The zero-order valence-electron chi connectivity index (χ0n) is 14.2. The van der Waals surface area contributed by atoms with Gasteiger partial charge in [-0.05, 0) is 19.4 Å². The van der Waals surface area contributed by atoms with Crippen LogP contribution in [0.3, 0.4) is 0 Å². The van der Waals surface area contributed by atoms with Gasteiger partial charge in [-0.2, -0.15) is 5.10 Å². The van der Waals surface area contributed by atoms with Gasteiger partial charge < -0.3 is 15.2 Å². The van der Waals surface area contributed by atoms with Gasteiger partial charge in [-0.15, -0.1) is 0 Å². The van der Waals surface area contributed by atoms with E-state index in [1.807, 2.05) is 0 Å². The number of esters is 1. The van der Waals surface area contributed by atoms with E-state index in [-0.39, 0.29) is 35.4 Å². The summed E-state index contributed by atoms with van der Waals surface area (Å²) in [6.07, 6.45) is 0.566. The third kappa shape index (κ3) is 4.65. The lowest BCUT2D eigenvalue weighted by Crippen LogP contribution is -2.35. The molecule has 1 heterocycles. The molecule has 0 unspecified atom stereocenters. The van der Waals surface area contributed by atoms with Crippen LogP contribution in [0.15, 0.2) is 29.1 Å². The Morgan fingerprint density at radius 1 is 1.23 bits per heavy atom. The van der Waals surface area contributed by atoms with Crippen molar-refractivity contribution in [3.8, 4) is 0 Å². The smallest absolute Gasteiger partial charge is 0.357 e. The lowest BCUT2D eigenvalue weighted by Gasteiger charge is -2.09. The van der Waals surface area contributed by atoms with Gasteiger partial charge in [0.05, 0.1) is 12.0 Å². The highest BCUT2D eigenvalue weighted by Gasteiger charge is 2.16. The number of benzene rings is 1. The number of nitrogens with zero attached hydrogens (tertiary/aromatic N) is 2. The molecule has 0 spiro atoms. The molecule has 1 aromatic heterocycles. The number of aromatic carboxylic acids is 1. The van der Waals surface area contributed by atoms with E-state index in [0.29, 0.717) is 13.0 Å². The van der Waals surface area contributed by atoms with Gasteiger partial charge in [0.2, 0.25) is 5.91 Å². The maximum atomic E-state index is 12.4. The van der Waals surface area contributed by atoms with Crippen LogP contribution in [-0.4, -0.2) is 45.9 Å². The van der Waals surface area contributed by atoms with Crippen LogP contribution in [0.1, 0.15) is 30.3 Å². The van der Waals surface area contributed by atoms with Crippen molar-refractivity contribution in [2.75, 3.05) is 13.2 Å². The molecule has 1 amide bonds. The van der Waals surface area contributed by atoms with Crippen molar-refractivity contribution >= 4 is 28.6 Å². The first kappa shape index (κ1) is 19.1. The molecule has 26 heavy (non-hydrogen) atoms. The van der Waals surface area contributed by atoms with Crippen LogP contribution >= 0.6 is 0 Å². The molecule has 0 fully saturated rings. The molecule has 0 radical (unpaired) electrons. The number of carbonyl (C=O) groups excluding carboxylic acids is 2. The highest BCUT2D eigenvalue weighted by Crippen LogP contribution is 2.12. The predicted octanol–water partition coefficient (Wildman–Crippen LogP) is 0.554. The SMILES string of the molecule is CCOC(=O)CCCNC(=O)Cn1nc(C(=O)O)c2ccccc2c1=O. The third-order valence-corrected chi connectivity index (χ3v) is 3.55. The topological polar surface area (TPSA) is 128 Å². The zero-order valence-corrected chi connectivity index (χ0v) is 14.2. The zero-order chi connectivity index (χ0) is 19.1. The first-order chi connectivity index (χ1) is 12.4. The number of fused-ring (bicyclic) bond motifs is 1. The summed E-state index contributed by atoms with van der Waals surface area (Å²) >= 11 is 0. The Bertz CT molecular complexity index is 890. The second-order valence-corrected chi connectivity index (χ2v) is 5.42. The number of amides is 1. The van der Waals surface area contributed by atoms with Crippen LogP contribution < -0.4 is 10.9 Å².